The molecule has 0 aliphatic heterocycles. The quantitative estimate of drug-likeness (QED) is 0.456. The van der Waals surface area contributed by atoms with Crippen LogP contribution >= 0.6 is 0 Å². The second-order valence-electron chi connectivity index (χ2n) is 7.51. The van der Waals surface area contributed by atoms with E-state index in [0.717, 1.165) is 30.8 Å². The van der Waals surface area contributed by atoms with E-state index in [2.05, 4.69) is 35.6 Å². The number of rotatable bonds is 5. The third kappa shape index (κ3) is 5.50. The van der Waals surface area contributed by atoms with Crippen LogP contribution in [-0.4, -0.2) is 42.2 Å². The zero-order chi connectivity index (χ0) is 24.5. The molecule has 180 valence electrons. The Kier molecular flexibility index (Phi) is 6.25. The van der Waals surface area contributed by atoms with Gasteiger partial charge < -0.3 is 15.7 Å². The van der Waals surface area contributed by atoms with Crippen LogP contribution in [0.1, 0.15) is 30.7 Å². The van der Waals surface area contributed by atoms with Crippen molar-refractivity contribution in [3.63, 3.8) is 0 Å². The van der Waals surface area contributed by atoms with E-state index < -0.39 is 35.9 Å². The highest BCUT2D eigenvalue weighted by Gasteiger charge is 2.34. The average molecular weight is 485 g/mol. The fourth-order valence-electron chi connectivity index (χ4n) is 3.40. The van der Waals surface area contributed by atoms with Gasteiger partial charge in [0.1, 0.15) is 17.1 Å². The minimum absolute atomic E-state index is 0.0525. The van der Waals surface area contributed by atoms with Crippen molar-refractivity contribution in [2.45, 2.75) is 43.8 Å². The van der Waals surface area contributed by atoms with Gasteiger partial charge in [-0.2, -0.15) is 41.3 Å². The number of nitrogens with one attached hydrogen (secondary N) is 2. The molecule has 0 bridgehead atoms. The summed E-state index contributed by atoms with van der Waals surface area (Å²) in [6.45, 7) is 0. The Bertz CT molecular complexity index is 1170. The smallest absolute Gasteiger partial charge is 0.391 e. The van der Waals surface area contributed by atoms with E-state index in [9.17, 15) is 31.4 Å². The zero-order valence-electron chi connectivity index (χ0n) is 17.2. The van der Waals surface area contributed by atoms with Crippen molar-refractivity contribution in [1.82, 2.24) is 24.9 Å². The van der Waals surface area contributed by atoms with Gasteiger partial charge >= 0.3 is 12.4 Å². The highest BCUT2D eigenvalue weighted by atomic mass is 19.4. The fraction of sp³-hybridized carbons (Fsp3) is 0.350. The maximum atomic E-state index is 13.1. The Morgan fingerprint density at radius 3 is 2.26 bits per heavy atom. The first-order valence-corrected chi connectivity index (χ1v) is 10.0. The van der Waals surface area contributed by atoms with Gasteiger partial charge in [0.15, 0.2) is 5.82 Å². The maximum Gasteiger partial charge on any atom is 0.433 e. The number of hydrogen-bond donors (Lipinski definition) is 3. The van der Waals surface area contributed by atoms with Crippen molar-refractivity contribution in [1.29, 1.82) is 0 Å². The van der Waals surface area contributed by atoms with E-state index in [-0.39, 0.29) is 29.1 Å². The molecule has 14 heteroatoms. The van der Waals surface area contributed by atoms with Gasteiger partial charge in [0.25, 0.3) is 0 Å². The second-order valence-corrected chi connectivity index (χ2v) is 7.51. The lowest BCUT2D eigenvalue weighted by Crippen LogP contribution is -2.29. The number of nitrogens with zero attached hydrogens (tertiary/aromatic N) is 5. The normalized spacial score (nSPS) is 18.7. The molecule has 4 rings (SSSR count). The van der Waals surface area contributed by atoms with Crippen LogP contribution in [0.3, 0.4) is 0 Å². The molecule has 3 heterocycles. The molecule has 1 fully saturated rings. The van der Waals surface area contributed by atoms with Gasteiger partial charge in [-0.1, -0.05) is 6.07 Å². The first-order chi connectivity index (χ1) is 16.0. The molecule has 0 saturated heterocycles. The molecule has 1 saturated carbocycles. The molecule has 0 radical (unpaired) electrons. The Morgan fingerprint density at radius 2 is 1.59 bits per heavy atom. The molecule has 3 aromatic heterocycles. The molecule has 3 aromatic rings. The van der Waals surface area contributed by atoms with E-state index in [0.29, 0.717) is 12.8 Å². The summed E-state index contributed by atoms with van der Waals surface area (Å²) in [6, 6.07) is 4.75. The molecular formula is C20H17F6N7O. The third-order valence-corrected chi connectivity index (χ3v) is 5.00. The van der Waals surface area contributed by atoms with E-state index in [1.165, 1.54) is 12.1 Å². The molecule has 1 aliphatic carbocycles. The van der Waals surface area contributed by atoms with Crippen molar-refractivity contribution < 1.29 is 31.4 Å². The van der Waals surface area contributed by atoms with Gasteiger partial charge in [-0.05, 0) is 43.5 Å². The Balaban J connectivity index is 1.72. The Morgan fingerprint density at radius 1 is 0.853 bits per heavy atom. The SMILES string of the molecule is OC1CCCC1Nc1nc(Nc2ccnc(C(F)(F)F)c2)nc(-c2cccc(C(F)(F)F)n2)n1. The summed E-state index contributed by atoms with van der Waals surface area (Å²) in [5.74, 6) is -0.565. The molecule has 3 N–H and O–H groups in total. The Labute approximate surface area is 188 Å². The molecule has 34 heavy (non-hydrogen) atoms. The monoisotopic (exact) mass is 485 g/mol. The van der Waals surface area contributed by atoms with E-state index in [1.807, 2.05) is 0 Å². The van der Waals surface area contributed by atoms with Gasteiger partial charge in [-0.3, -0.25) is 4.98 Å². The molecule has 2 atom stereocenters. The van der Waals surface area contributed by atoms with E-state index >= 15 is 0 Å². The zero-order valence-corrected chi connectivity index (χ0v) is 17.2. The van der Waals surface area contributed by atoms with Gasteiger partial charge in [-0.15, -0.1) is 0 Å². The van der Waals surface area contributed by atoms with Crippen LogP contribution < -0.4 is 10.6 Å². The average Bonchev–Trinajstić information content (AvgIpc) is 3.17. The van der Waals surface area contributed by atoms with E-state index in [4.69, 9.17) is 0 Å². The van der Waals surface area contributed by atoms with Gasteiger partial charge in [-0.25, -0.2) is 4.98 Å². The molecule has 1 aliphatic rings. The van der Waals surface area contributed by atoms with Crippen molar-refractivity contribution in [3.05, 3.63) is 47.9 Å². The number of alkyl halides is 6. The van der Waals surface area contributed by atoms with Crippen LogP contribution in [0.25, 0.3) is 11.5 Å². The molecule has 8 nitrogen and oxygen atoms in total. The van der Waals surface area contributed by atoms with Gasteiger partial charge in [0.2, 0.25) is 11.9 Å². The largest absolute Gasteiger partial charge is 0.433 e. The van der Waals surface area contributed by atoms with Crippen molar-refractivity contribution >= 4 is 17.6 Å². The van der Waals surface area contributed by atoms with Crippen molar-refractivity contribution in [2.24, 2.45) is 0 Å². The summed E-state index contributed by atoms with van der Waals surface area (Å²) < 4.78 is 78.3. The summed E-state index contributed by atoms with van der Waals surface area (Å²) >= 11 is 0. The van der Waals surface area contributed by atoms with Crippen LogP contribution in [-0.2, 0) is 12.4 Å². The van der Waals surface area contributed by atoms with Gasteiger partial charge in [0.05, 0.1) is 12.1 Å². The number of hydrogen-bond acceptors (Lipinski definition) is 8. The lowest BCUT2D eigenvalue weighted by molar-refractivity contribution is -0.141. The lowest BCUT2D eigenvalue weighted by atomic mass is 10.2. The summed E-state index contributed by atoms with van der Waals surface area (Å²) in [4.78, 5) is 19.1. The molecule has 0 aromatic carbocycles. The molecule has 0 spiro atoms. The number of aliphatic hydroxyl groups is 1. The summed E-state index contributed by atoms with van der Waals surface area (Å²) in [5, 5.41) is 15.6. The molecular weight excluding hydrogens is 468 g/mol. The summed E-state index contributed by atoms with van der Waals surface area (Å²) in [5.41, 5.74) is -2.59. The number of pyridine rings is 2. The predicted molar refractivity (Wildman–Crippen MR) is 108 cm³/mol. The Hall–Kier alpha value is -3.55. The second kappa shape index (κ2) is 9.00. The van der Waals surface area contributed by atoms with Crippen LogP contribution in [0, 0.1) is 0 Å². The minimum atomic E-state index is -4.70. The molecule has 0 amide bonds. The maximum absolute atomic E-state index is 13.1. The predicted octanol–water partition coefficient (Wildman–Crippen LogP) is 4.44. The van der Waals surface area contributed by atoms with Crippen molar-refractivity contribution in [3.8, 4) is 11.5 Å². The highest BCUT2D eigenvalue weighted by Crippen LogP contribution is 2.31. The summed E-state index contributed by atoms with van der Waals surface area (Å²) in [6.07, 6.45) is -7.24. The third-order valence-electron chi connectivity index (χ3n) is 5.00. The van der Waals surface area contributed by atoms with E-state index in [1.54, 1.807) is 0 Å². The van der Waals surface area contributed by atoms with Crippen molar-refractivity contribution in [2.75, 3.05) is 10.6 Å². The topological polar surface area (TPSA) is 109 Å². The van der Waals surface area contributed by atoms with Crippen LogP contribution in [0.15, 0.2) is 36.5 Å². The fourth-order valence-corrected chi connectivity index (χ4v) is 3.40. The van der Waals surface area contributed by atoms with Crippen LogP contribution in [0.2, 0.25) is 0 Å². The van der Waals surface area contributed by atoms with Crippen LogP contribution in [0.4, 0.5) is 43.9 Å². The lowest BCUT2D eigenvalue weighted by Gasteiger charge is -2.17. The first kappa shape index (κ1) is 23.6. The highest BCUT2D eigenvalue weighted by molar-refractivity contribution is 5.59. The number of anilines is 3. The minimum Gasteiger partial charge on any atom is -0.391 e. The number of halogens is 6. The number of aliphatic hydroxyl groups excluding tert-OH is 1. The van der Waals surface area contributed by atoms with Gasteiger partial charge in [0, 0.05) is 11.9 Å². The summed E-state index contributed by atoms with van der Waals surface area (Å²) in [7, 11) is 0. The standard InChI is InChI=1S/C20H17F6N7O/c21-19(22,23)14-6-2-4-12(29-14)16-31-17(28-10-7-8-27-15(9-10)20(24,25)26)33-18(32-16)30-11-3-1-5-13(11)34/h2,4,6-9,11,13,34H,1,3,5H2,(H2,27,28,30,31,32,33). The molecule has 2 unspecified atom stereocenters. The number of aromatic nitrogens is 5. The van der Waals surface area contributed by atoms with Crippen LogP contribution in [0.5, 0.6) is 0 Å². The first-order valence-electron chi connectivity index (χ1n) is 10.0.